The van der Waals surface area contributed by atoms with Crippen LogP contribution < -0.4 is 5.32 Å². The summed E-state index contributed by atoms with van der Waals surface area (Å²) < 4.78 is 1.61. The van der Waals surface area contributed by atoms with Crippen LogP contribution in [0.1, 0.15) is 31.3 Å². The van der Waals surface area contributed by atoms with Gasteiger partial charge in [0.15, 0.2) is 5.78 Å². The summed E-state index contributed by atoms with van der Waals surface area (Å²) in [6.45, 7) is 5.52. The Bertz CT molecular complexity index is 402. The highest BCUT2D eigenvalue weighted by molar-refractivity contribution is 5.96. The van der Waals surface area contributed by atoms with Gasteiger partial charge in [0.25, 0.3) is 5.91 Å². The Labute approximate surface area is 94.9 Å². The molecular weight excluding hydrogens is 206 g/mol. The number of nitrogens with one attached hydrogen (secondary N) is 1. The Morgan fingerprint density at radius 2 is 2.06 bits per heavy atom. The molecule has 0 aromatic carbocycles. The van der Waals surface area contributed by atoms with E-state index in [0.29, 0.717) is 5.69 Å². The van der Waals surface area contributed by atoms with Crippen LogP contribution in [0.5, 0.6) is 0 Å². The summed E-state index contributed by atoms with van der Waals surface area (Å²) >= 11 is 0. The van der Waals surface area contributed by atoms with Crippen LogP contribution in [-0.2, 0) is 11.8 Å². The fraction of sp³-hybridized carbons (Fsp3) is 0.545. The molecule has 0 unspecified atom stereocenters. The lowest BCUT2D eigenvalue weighted by molar-refractivity contribution is -0.125. The molecule has 0 fully saturated rings. The molecule has 0 atom stereocenters. The van der Waals surface area contributed by atoms with E-state index in [1.165, 1.54) is 6.20 Å². The lowest BCUT2D eigenvalue weighted by atomic mass is 9.91. The minimum absolute atomic E-state index is 0.00279. The van der Waals surface area contributed by atoms with Gasteiger partial charge in [0.2, 0.25) is 0 Å². The van der Waals surface area contributed by atoms with Crippen LogP contribution in [-0.4, -0.2) is 27.8 Å². The molecule has 1 rings (SSSR count). The number of hydrogen-bond donors (Lipinski definition) is 1. The van der Waals surface area contributed by atoms with Gasteiger partial charge in [-0.05, 0) is 0 Å². The third-order valence-corrected chi connectivity index (χ3v) is 2.30. The van der Waals surface area contributed by atoms with Crippen LogP contribution in [0.4, 0.5) is 0 Å². The van der Waals surface area contributed by atoms with Crippen molar-refractivity contribution in [2.45, 2.75) is 20.8 Å². The van der Waals surface area contributed by atoms with E-state index in [1.807, 2.05) is 20.8 Å². The average Bonchev–Trinajstić information content (AvgIpc) is 2.58. The number of aromatic nitrogens is 2. The molecule has 1 aromatic rings. The zero-order chi connectivity index (χ0) is 12.3. The van der Waals surface area contributed by atoms with Gasteiger partial charge in [-0.25, -0.2) is 4.98 Å². The van der Waals surface area contributed by atoms with Gasteiger partial charge in [-0.15, -0.1) is 0 Å². The van der Waals surface area contributed by atoms with Crippen molar-refractivity contribution in [2.24, 2.45) is 12.5 Å². The minimum atomic E-state index is -0.431. The van der Waals surface area contributed by atoms with Crippen molar-refractivity contribution in [3.63, 3.8) is 0 Å². The first-order valence-corrected chi connectivity index (χ1v) is 5.10. The summed E-state index contributed by atoms with van der Waals surface area (Å²) in [6.07, 6.45) is 3.01. The first kappa shape index (κ1) is 12.4. The van der Waals surface area contributed by atoms with Crippen molar-refractivity contribution in [3.05, 3.63) is 18.2 Å². The molecule has 0 aliphatic heterocycles. The lowest BCUT2D eigenvalue weighted by Crippen LogP contribution is -2.36. The van der Waals surface area contributed by atoms with Crippen LogP contribution in [0.15, 0.2) is 12.5 Å². The number of rotatable bonds is 3. The van der Waals surface area contributed by atoms with Gasteiger partial charge in [-0.2, -0.15) is 0 Å². The Hall–Kier alpha value is -1.65. The fourth-order valence-electron chi connectivity index (χ4n) is 1.09. The fourth-order valence-corrected chi connectivity index (χ4v) is 1.09. The van der Waals surface area contributed by atoms with Crippen LogP contribution in [0.25, 0.3) is 0 Å². The van der Waals surface area contributed by atoms with E-state index < -0.39 is 5.41 Å². The predicted molar refractivity (Wildman–Crippen MR) is 60.0 cm³/mol. The molecule has 5 nitrogen and oxygen atoms in total. The van der Waals surface area contributed by atoms with Crippen LogP contribution in [0, 0.1) is 5.41 Å². The summed E-state index contributed by atoms with van der Waals surface area (Å²) in [6, 6.07) is 0. The number of carbonyl (C=O) groups is 2. The number of Topliss-reactive ketones (excluding diaryl/α,β-unsaturated/α-hetero) is 1. The molecule has 0 radical (unpaired) electrons. The van der Waals surface area contributed by atoms with E-state index in [0.717, 1.165) is 0 Å². The minimum Gasteiger partial charge on any atom is -0.344 e. The molecule has 0 bridgehead atoms. The zero-order valence-corrected chi connectivity index (χ0v) is 10.1. The van der Waals surface area contributed by atoms with Crippen LogP contribution >= 0.6 is 0 Å². The maximum Gasteiger partial charge on any atom is 0.269 e. The molecular formula is C11H17N3O2. The lowest BCUT2D eigenvalue weighted by Gasteiger charge is -2.16. The van der Waals surface area contributed by atoms with Crippen molar-refractivity contribution >= 4 is 11.7 Å². The monoisotopic (exact) mass is 223 g/mol. The third-order valence-electron chi connectivity index (χ3n) is 2.30. The van der Waals surface area contributed by atoms with Crippen molar-refractivity contribution in [1.82, 2.24) is 14.9 Å². The van der Waals surface area contributed by atoms with Crippen molar-refractivity contribution in [2.75, 3.05) is 6.54 Å². The quantitative estimate of drug-likeness (QED) is 0.823. The van der Waals surface area contributed by atoms with Crippen molar-refractivity contribution in [3.8, 4) is 0 Å². The largest absolute Gasteiger partial charge is 0.344 e. The molecule has 1 N–H and O–H groups in total. The highest BCUT2D eigenvalue weighted by atomic mass is 16.2. The topological polar surface area (TPSA) is 64.0 Å². The average molecular weight is 223 g/mol. The molecule has 0 spiro atoms. The standard InChI is InChI=1S/C11H17N3O2/c1-11(2,3)9(15)6-13-10(16)8-5-12-7-14(8)4/h5,7H,6H2,1-4H3,(H,13,16). The summed E-state index contributed by atoms with van der Waals surface area (Å²) in [4.78, 5) is 27.1. The highest BCUT2D eigenvalue weighted by Crippen LogP contribution is 2.13. The Morgan fingerprint density at radius 3 is 2.50 bits per heavy atom. The van der Waals surface area contributed by atoms with Crippen LogP contribution in [0.2, 0.25) is 0 Å². The smallest absolute Gasteiger partial charge is 0.269 e. The van der Waals surface area contributed by atoms with Gasteiger partial charge in [-0.1, -0.05) is 20.8 Å². The molecule has 5 heteroatoms. The Kier molecular flexibility index (Phi) is 3.47. The third kappa shape index (κ3) is 2.92. The molecule has 0 saturated heterocycles. The van der Waals surface area contributed by atoms with E-state index >= 15 is 0 Å². The molecule has 1 aromatic heterocycles. The molecule has 1 amide bonds. The summed E-state index contributed by atoms with van der Waals surface area (Å²) in [7, 11) is 1.73. The molecule has 88 valence electrons. The normalized spacial score (nSPS) is 11.2. The number of amides is 1. The maximum absolute atomic E-state index is 11.6. The second-order valence-corrected chi connectivity index (χ2v) is 4.75. The molecule has 0 aliphatic carbocycles. The number of nitrogens with zero attached hydrogens (tertiary/aromatic N) is 2. The summed E-state index contributed by atoms with van der Waals surface area (Å²) in [5.41, 5.74) is 0.0152. The zero-order valence-electron chi connectivity index (χ0n) is 10.1. The van der Waals surface area contributed by atoms with Gasteiger partial charge in [0.05, 0.1) is 19.1 Å². The van der Waals surface area contributed by atoms with Gasteiger partial charge < -0.3 is 9.88 Å². The Morgan fingerprint density at radius 1 is 1.44 bits per heavy atom. The Balaban J connectivity index is 2.55. The van der Waals surface area contributed by atoms with E-state index in [4.69, 9.17) is 0 Å². The number of hydrogen-bond acceptors (Lipinski definition) is 3. The van der Waals surface area contributed by atoms with E-state index in [-0.39, 0.29) is 18.2 Å². The van der Waals surface area contributed by atoms with Crippen molar-refractivity contribution in [1.29, 1.82) is 0 Å². The molecule has 0 aliphatic rings. The molecule has 1 heterocycles. The first-order chi connectivity index (χ1) is 7.32. The molecule has 16 heavy (non-hydrogen) atoms. The van der Waals surface area contributed by atoms with E-state index in [1.54, 1.807) is 17.9 Å². The maximum atomic E-state index is 11.6. The highest BCUT2D eigenvalue weighted by Gasteiger charge is 2.21. The van der Waals surface area contributed by atoms with Gasteiger partial charge in [0.1, 0.15) is 5.69 Å². The van der Waals surface area contributed by atoms with Gasteiger partial charge in [-0.3, -0.25) is 9.59 Å². The van der Waals surface area contributed by atoms with E-state index in [2.05, 4.69) is 10.3 Å². The van der Waals surface area contributed by atoms with Crippen LogP contribution in [0.3, 0.4) is 0 Å². The predicted octanol–water partition coefficient (Wildman–Crippen LogP) is 0.765. The second-order valence-electron chi connectivity index (χ2n) is 4.75. The number of carbonyl (C=O) groups excluding carboxylic acids is 2. The van der Waals surface area contributed by atoms with E-state index in [9.17, 15) is 9.59 Å². The summed E-state index contributed by atoms with van der Waals surface area (Å²) in [5, 5.41) is 2.58. The van der Waals surface area contributed by atoms with Crippen molar-refractivity contribution < 1.29 is 9.59 Å². The van der Waals surface area contributed by atoms with Gasteiger partial charge >= 0.3 is 0 Å². The number of aryl methyl sites for hydroxylation is 1. The molecule has 0 saturated carbocycles. The second kappa shape index (κ2) is 4.47. The summed E-state index contributed by atoms with van der Waals surface area (Å²) in [5.74, 6) is -0.277. The first-order valence-electron chi connectivity index (χ1n) is 5.10. The van der Waals surface area contributed by atoms with Gasteiger partial charge in [0, 0.05) is 12.5 Å². The SMILES string of the molecule is Cn1cncc1C(=O)NCC(=O)C(C)(C)C. The number of ketones is 1. The number of imidazole rings is 1.